The fraction of sp³-hybridized carbons (Fsp3) is 0.600. The number of rotatable bonds is 7. The van der Waals surface area contributed by atoms with E-state index < -0.39 is 11.6 Å². The Morgan fingerprint density at radius 1 is 1.17 bits per heavy atom. The summed E-state index contributed by atoms with van der Waals surface area (Å²) in [6.45, 7) is 8.24. The maximum Gasteiger partial charge on any atom is 0.159 e. The van der Waals surface area contributed by atoms with E-state index in [4.69, 9.17) is 0 Å². The molecule has 0 fully saturated rings. The first kappa shape index (κ1) is 15.1. The summed E-state index contributed by atoms with van der Waals surface area (Å²) >= 11 is 0. The molecule has 1 unspecified atom stereocenters. The normalized spacial score (nSPS) is 14.5. The molecule has 0 heterocycles. The number of halogens is 2. The van der Waals surface area contributed by atoms with Gasteiger partial charge in [0.25, 0.3) is 0 Å². The highest BCUT2D eigenvalue weighted by molar-refractivity contribution is 5.19. The highest BCUT2D eigenvalue weighted by atomic mass is 19.2. The largest absolute Gasteiger partial charge is 0.316 e. The van der Waals surface area contributed by atoms with Gasteiger partial charge in [0.2, 0.25) is 0 Å². The lowest BCUT2D eigenvalue weighted by Crippen LogP contribution is -2.33. The molecule has 1 N–H and O–H groups in total. The van der Waals surface area contributed by atoms with Crippen LogP contribution in [0.5, 0.6) is 0 Å². The molecule has 0 aliphatic carbocycles. The molecule has 0 aliphatic heterocycles. The summed E-state index contributed by atoms with van der Waals surface area (Å²) in [6, 6.07) is 4.21. The molecule has 0 aliphatic rings. The van der Waals surface area contributed by atoms with Crippen molar-refractivity contribution in [3.8, 4) is 0 Å². The predicted molar refractivity (Wildman–Crippen MR) is 71.6 cm³/mol. The fourth-order valence-electron chi connectivity index (χ4n) is 2.41. The van der Waals surface area contributed by atoms with Gasteiger partial charge in [0, 0.05) is 6.54 Å². The molecule has 1 atom stereocenters. The van der Waals surface area contributed by atoms with Crippen LogP contribution in [0, 0.1) is 17.0 Å². The van der Waals surface area contributed by atoms with Gasteiger partial charge in [-0.15, -0.1) is 0 Å². The van der Waals surface area contributed by atoms with E-state index >= 15 is 0 Å². The van der Waals surface area contributed by atoms with Crippen LogP contribution in [0.4, 0.5) is 8.78 Å². The van der Waals surface area contributed by atoms with Crippen LogP contribution in [0.2, 0.25) is 0 Å². The van der Waals surface area contributed by atoms with Crippen molar-refractivity contribution in [3.05, 3.63) is 35.4 Å². The highest BCUT2D eigenvalue weighted by Gasteiger charge is 2.23. The minimum atomic E-state index is -0.775. The van der Waals surface area contributed by atoms with Crippen molar-refractivity contribution < 1.29 is 8.78 Å². The Morgan fingerprint density at radius 2 is 1.89 bits per heavy atom. The maximum atomic E-state index is 13.2. The lowest BCUT2D eigenvalue weighted by molar-refractivity contribution is 0.277. The van der Waals surface area contributed by atoms with Crippen molar-refractivity contribution in [3.63, 3.8) is 0 Å². The smallest absolute Gasteiger partial charge is 0.159 e. The van der Waals surface area contributed by atoms with E-state index in [2.05, 4.69) is 26.1 Å². The maximum absolute atomic E-state index is 13.2. The predicted octanol–water partition coefficient (Wildman–Crippen LogP) is 3.92. The van der Waals surface area contributed by atoms with Gasteiger partial charge in [-0.3, -0.25) is 0 Å². The SMILES string of the molecule is CCCC(C)(CNCC)Cc1ccc(F)c(F)c1. The average Bonchev–Trinajstić information content (AvgIpc) is 2.32. The van der Waals surface area contributed by atoms with Crippen LogP contribution >= 0.6 is 0 Å². The van der Waals surface area contributed by atoms with E-state index in [-0.39, 0.29) is 5.41 Å². The Bertz CT molecular complexity index is 379. The second-order valence-corrected chi connectivity index (χ2v) is 5.27. The van der Waals surface area contributed by atoms with Gasteiger partial charge in [0.1, 0.15) is 0 Å². The average molecular weight is 255 g/mol. The van der Waals surface area contributed by atoms with Gasteiger partial charge in [0.15, 0.2) is 11.6 Å². The van der Waals surface area contributed by atoms with E-state index in [1.54, 1.807) is 6.07 Å². The van der Waals surface area contributed by atoms with Crippen molar-refractivity contribution >= 4 is 0 Å². The Morgan fingerprint density at radius 3 is 2.44 bits per heavy atom. The zero-order valence-electron chi connectivity index (χ0n) is 11.5. The zero-order valence-corrected chi connectivity index (χ0v) is 11.5. The van der Waals surface area contributed by atoms with Gasteiger partial charge < -0.3 is 5.32 Å². The first-order chi connectivity index (χ1) is 8.50. The third-order valence-electron chi connectivity index (χ3n) is 3.27. The van der Waals surface area contributed by atoms with Gasteiger partial charge in [-0.1, -0.05) is 33.3 Å². The molecule has 1 aromatic rings. The lowest BCUT2D eigenvalue weighted by atomic mass is 9.79. The molecular formula is C15H23F2N. The van der Waals surface area contributed by atoms with E-state index in [1.165, 1.54) is 12.1 Å². The minimum Gasteiger partial charge on any atom is -0.316 e. The minimum absolute atomic E-state index is 0.0923. The summed E-state index contributed by atoms with van der Waals surface area (Å²) in [5.74, 6) is -1.53. The van der Waals surface area contributed by atoms with Crippen molar-refractivity contribution in [2.24, 2.45) is 5.41 Å². The quantitative estimate of drug-likeness (QED) is 0.778. The molecular weight excluding hydrogens is 232 g/mol. The van der Waals surface area contributed by atoms with Crippen LogP contribution < -0.4 is 5.32 Å². The second kappa shape index (κ2) is 6.83. The molecule has 1 aromatic carbocycles. The number of hydrogen-bond acceptors (Lipinski definition) is 1. The van der Waals surface area contributed by atoms with Crippen LogP contribution in [0.25, 0.3) is 0 Å². The van der Waals surface area contributed by atoms with Crippen molar-refractivity contribution in [2.75, 3.05) is 13.1 Å². The molecule has 1 rings (SSSR count). The standard InChI is InChI=1S/C15H23F2N/c1-4-8-15(3,11-18-5-2)10-12-6-7-13(16)14(17)9-12/h6-7,9,18H,4-5,8,10-11H2,1-3H3. The van der Waals surface area contributed by atoms with Crippen LogP contribution in [-0.4, -0.2) is 13.1 Å². The molecule has 0 aromatic heterocycles. The van der Waals surface area contributed by atoms with Gasteiger partial charge in [0.05, 0.1) is 0 Å². The Hall–Kier alpha value is -0.960. The molecule has 0 spiro atoms. The summed E-state index contributed by atoms with van der Waals surface area (Å²) in [4.78, 5) is 0. The molecule has 18 heavy (non-hydrogen) atoms. The van der Waals surface area contributed by atoms with Crippen molar-refractivity contribution in [1.82, 2.24) is 5.32 Å². The topological polar surface area (TPSA) is 12.0 Å². The molecule has 3 heteroatoms. The van der Waals surface area contributed by atoms with Crippen molar-refractivity contribution in [1.29, 1.82) is 0 Å². The van der Waals surface area contributed by atoms with Gasteiger partial charge in [-0.05, 0) is 42.5 Å². The summed E-state index contributed by atoms with van der Waals surface area (Å²) in [5.41, 5.74) is 0.956. The Balaban J connectivity index is 2.78. The monoisotopic (exact) mass is 255 g/mol. The number of hydrogen-bond donors (Lipinski definition) is 1. The molecule has 0 radical (unpaired) electrons. The Kier molecular flexibility index (Phi) is 5.73. The molecule has 0 amide bonds. The van der Waals surface area contributed by atoms with Gasteiger partial charge >= 0.3 is 0 Å². The van der Waals surface area contributed by atoms with E-state index in [0.29, 0.717) is 0 Å². The zero-order chi connectivity index (χ0) is 13.6. The molecule has 0 bridgehead atoms. The summed E-state index contributed by atoms with van der Waals surface area (Å²) < 4.78 is 26.1. The lowest BCUT2D eigenvalue weighted by Gasteiger charge is -2.30. The first-order valence-electron chi connectivity index (χ1n) is 6.65. The third kappa shape index (κ3) is 4.37. The van der Waals surface area contributed by atoms with E-state index in [0.717, 1.165) is 37.9 Å². The van der Waals surface area contributed by atoms with E-state index in [1.807, 2.05) is 0 Å². The third-order valence-corrected chi connectivity index (χ3v) is 3.27. The highest BCUT2D eigenvalue weighted by Crippen LogP contribution is 2.28. The number of benzene rings is 1. The molecule has 102 valence electrons. The molecule has 1 nitrogen and oxygen atoms in total. The second-order valence-electron chi connectivity index (χ2n) is 5.27. The number of nitrogens with one attached hydrogen (secondary N) is 1. The summed E-state index contributed by atoms with van der Waals surface area (Å²) in [5, 5.41) is 3.35. The van der Waals surface area contributed by atoms with Crippen LogP contribution in [0.1, 0.15) is 39.2 Å². The first-order valence-corrected chi connectivity index (χ1v) is 6.65. The van der Waals surface area contributed by atoms with Gasteiger partial charge in [-0.2, -0.15) is 0 Å². The Labute approximate surface area is 109 Å². The molecule has 0 saturated carbocycles. The summed E-state index contributed by atoms with van der Waals surface area (Å²) in [6.07, 6.45) is 2.93. The van der Waals surface area contributed by atoms with Crippen LogP contribution in [0.3, 0.4) is 0 Å². The van der Waals surface area contributed by atoms with Crippen LogP contribution in [0.15, 0.2) is 18.2 Å². The van der Waals surface area contributed by atoms with Gasteiger partial charge in [-0.25, -0.2) is 8.78 Å². The molecule has 0 saturated heterocycles. The fourth-order valence-corrected chi connectivity index (χ4v) is 2.41. The van der Waals surface area contributed by atoms with E-state index in [9.17, 15) is 8.78 Å². The van der Waals surface area contributed by atoms with Crippen LogP contribution in [-0.2, 0) is 6.42 Å². The van der Waals surface area contributed by atoms with Crippen molar-refractivity contribution in [2.45, 2.75) is 40.0 Å². The summed E-state index contributed by atoms with van der Waals surface area (Å²) in [7, 11) is 0.